The highest BCUT2D eigenvalue weighted by atomic mass is 16.5. The van der Waals surface area contributed by atoms with E-state index in [1.807, 2.05) is 0 Å². The normalized spacial score (nSPS) is 21.5. The molecule has 16 heavy (non-hydrogen) atoms. The summed E-state index contributed by atoms with van der Waals surface area (Å²) in [7, 11) is 1.75. The van der Waals surface area contributed by atoms with Gasteiger partial charge < -0.3 is 10.5 Å². The third-order valence-corrected chi connectivity index (χ3v) is 3.94. The molecule has 2 nitrogen and oxygen atoms in total. The summed E-state index contributed by atoms with van der Waals surface area (Å²) in [5.74, 6) is 0. The first-order chi connectivity index (χ1) is 7.60. The molecule has 2 atom stereocenters. The van der Waals surface area contributed by atoms with Crippen molar-refractivity contribution in [2.24, 2.45) is 5.73 Å². The zero-order valence-corrected chi connectivity index (χ0v) is 10.4. The van der Waals surface area contributed by atoms with Crippen molar-refractivity contribution in [3.63, 3.8) is 0 Å². The number of methoxy groups -OCH3 is 1. The third-order valence-electron chi connectivity index (χ3n) is 3.94. The van der Waals surface area contributed by atoms with Crippen molar-refractivity contribution < 1.29 is 4.74 Å². The summed E-state index contributed by atoms with van der Waals surface area (Å²) in [6.45, 7) is 4.18. The Labute approximate surface area is 97.8 Å². The van der Waals surface area contributed by atoms with E-state index in [1.165, 1.54) is 24.0 Å². The minimum atomic E-state index is 0.156. The van der Waals surface area contributed by atoms with E-state index in [-0.39, 0.29) is 17.6 Å². The molecule has 0 aromatic heterocycles. The first kappa shape index (κ1) is 11.6. The number of ether oxygens (including phenoxy) is 1. The van der Waals surface area contributed by atoms with E-state index in [0.717, 1.165) is 0 Å². The lowest BCUT2D eigenvalue weighted by Gasteiger charge is -2.21. The zero-order valence-electron chi connectivity index (χ0n) is 10.4. The van der Waals surface area contributed by atoms with Gasteiger partial charge in [-0.2, -0.15) is 0 Å². The number of hydrogen-bond acceptors (Lipinski definition) is 2. The van der Waals surface area contributed by atoms with Gasteiger partial charge in [-0.1, -0.05) is 24.3 Å². The van der Waals surface area contributed by atoms with Crippen LogP contribution in [0.15, 0.2) is 24.3 Å². The molecule has 0 heterocycles. The highest BCUT2D eigenvalue weighted by Gasteiger charge is 2.47. The lowest BCUT2D eigenvalue weighted by Crippen LogP contribution is -2.31. The Kier molecular flexibility index (Phi) is 3.04. The Morgan fingerprint density at radius 1 is 1.31 bits per heavy atom. The summed E-state index contributed by atoms with van der Waals surface area (Å²) < 4.78 is 5.35. The fraction of sp³-hybridized carbons (Fsp3) is 0.571. The van der Waals surface area contributed by atoms with Gasteiger partial charge in [-0.3, -0.25) is 0 Å². The lowest BCUT2D eigenvalue weighted by atomic mass is 9.88. The topological polar surface area (TPSA) is 35.2 Å². The molecule has 1 aliphatic rings. The van der Waals surface area contributed by atoms with Crippen molar-refractivity contribution >= 4 is 0 Å². The quantitative estimate of drug-likeness (QED) is 0.845. The van der Waals surface area contributed by atoms with E-state index < -0.39 is 0 Å². The molecule has 2 N–H and O–H groups in total. The number of benzene rings is 1. The number of nitrogens with two attached hydrogens (primary N) is 1. The van der Waals surface area contributed by atoms with E-state index in [4.69, 9.17) is 10.5 Å². The van der Waals surface area contributed by atoms with Crippen LogP contribution in [-0.2, 0) is 10.2 Å². The maximum atomic E-state index is 6.09. The maximum absolute atomic E-state index is 6.09. The van der Waals surface area contributed by atoms with Crippen molar-refractivity contribution in [3.05, 3.63) is 35.4 Å². The average Bonchev–Trinajstić information content (AvgIpc) is 3.09. The molecular formula is C14H21NO. The Balaban J connectivity index is 2.30. The molecular weight excluding hydrogens is 198 g/mol. The SMILES string of the molecule is COC(C)c1cccc(C2(C(C)N)CC2)c1. The van der Waals surface area contributed by atoms with Crippen LogP contribution < -0.4 is 5.73 Å². The highest BCUT2D eigenvalue weighted by molar-refractivity contribution is 5.37. The molecule has 1 fully saturated rings. The summed E-state index contributed by atoms with van der Waals surface area (Å²) in [4.78, 5) is 0. The lowest BCUT2D eigenvalue weighted by molar-refractivity contribution is 0.119. The van der Waals surface area contributed by atoms with Gasteiger partial charge in [0.2, 0.25) is 0 Å². The summed E-state index contributed by atoms with van der Waals surface area (Å²) in [5.41, 5.74) is 8.95. The second-order valence-electron chi connectivity index (χ2n) is 4.95. The van der Waals surface area contributed by atoms with Crippen LogP contribution in [0, 0.1) is 0 Å². The molecule has 0 spiro atoms. The van der Waals surface area contributed by atoms with Gasteiger partial charge in [-0.05, 0) is 37.8 Å². The molecule has 1 aromatic rings. The molecule has 0 aliphatic heterocycles. The summed E-state index contributed by atoms with van der Waals surface area (Å²) in [6.07, 6.45) is 2.59. The van der Waals surface area contributed by atoms with Gasteiger partial charge in [0.05, 0.1) is 6.10 Å². The molecule has 0 bridgehead atoms. The smallest absolute Gasteiger partial charge is 0.0793 e. The number of hydrogen-bond donors (Lipinski definition) is 1. The maximum Gasteiger partial charge on any atom is 0.0793 e. The van der Waals surface area contributed by atoms with Gasteiger partial charge in [0.25, 0.3) is 0 Å². The third kappa shape index (κ3) is 1.87. The van der Waals surface area contributed by atoms with Gasteiger partial charge in [-0.25, -0.2) is 0 Å². The Morgan fingerprint density at radius 3 is 2.50 bits per heavy atom. The zero-order chi connectivity index (χ0) is 11.8. The van der Waals surface area contributed by atoms with Crippen LogP contribution in [0.1, 0.15) is 43.9 Å². The fourth-order valence-corrected chi connectivity index (χ4v) is 2.38. The molecule has 1 saturated carbocycles. The van der Waals surface area contributed by atoms with E-state index in [0.29, 0.717) is 0 Å². The van der Waals surface area contributed by atoms with Crippen molar-refractivity contribution in [1.29, 1.82) is 0 Å². The monoisotopic (exact) mass is 219 g/mol. The minimum Gasteiger partial charge on any atom is -0.377 e. The molecule has 0 saturated heterocycles. The Bertz CT molecular complexity index is 369. The molecule has 2 unspecified atom stereocenters. The van der Waals surface area contributed by atoms with Crippen molar-refractivity contribution in [2.75, 3.05) is 7.11 Å². The molecule has 88 valence electrons. The standard InChI is InChI=1S/C14H21NO/c1-10(16-3)12-5-4-6-13(9-12)14(7-8-14)11(2)15/h4-6,9-11H,7-8,15H2,1-3H3. The molecule has 2 rings (SSSR count). The van der Waals surface area contributed by atoms with Gasteiger partial charge in [-0.15, -0.1) is 0 Å². The van der Waals surface area contributed by atoms with Crippen LogP contribution >= 0.6 is 0 Å². The van der Waals surface area contributed by atoms with Crippen LogP contribution in [0.3, 0.4) is 0 Å². The van der Waals surface area contributed by atoms with E-state index >= 15 is 0 Å². The Hall–Kier alpha value is -0.860. The summed E-state index contributed by atoms with van der Waals surface area (Å²) >= 11 is 0. The van der Waals surface area contributed by atoms with Crippen molar-refractivity contribution in [3.8, 4) is 0 Å². The van der Waals surface area contributed by atoms with Gasteiger partial charge in [0.15, 0.2) is 0 Å². The molecule has 0 radical (unpaired) electrons. The molecule has 2 heteroatoms. The predicted octanol–water partition coefficient (Wildman–Crippen LogP) is 2.77. The molecule has 1 aliphatic carbocycles. The van der Waals surface area contributed by atoms with Gasteiger partial charge in [0.1, 0.15) is 0 Å². The largest absolute Gasteiger partial charge is 0.377 e. The summed E-state index contributed by atoms with van der Waals surface area (Å²) in [5, 5.41) is 0. The molecule has 0 amide bonds. The molecule has 1 aromatic carbocycles. The first-order valence-corrected chi connectivity index (χ1v) is 5.99. The van der Waals surface area contributed by atoms with Crippen LogP contribution in [0.4, 0.5) is 0 Å². The Morgan fingerprint density at radius 2 is 2.00 bits per heavy atom. The van der Waals surface area contributed by atoms with Crippen molar-refractivity contribution in [1.82, 2.24) is 0 Å². The van der Waals surface area contributed by atoms with Crippen molar-refractivity contribution in [2.45, 2.75) is 44.2 Å². The van der Waals surface area contributed by atoms with Gasteiger partial charge >= 0.3 is 0 Å². The second-order valence-corrected chi connectivity index (χ2v) is 4.95. The minimum absolute atomic E-state index is 0.156. The number of rotatable bonds is 4. The van der Waals surface area contributed by atoms with Crippen LogP contribution in [0.2, 0.25) is 0 Å². The van der Waals surface area contributed by atoms with E-state index in [9.17, 15) is 0 Å². The van der Waals surface area contributed by atoms with Crippen LogP contribution in [0.5, 0.6) is 0 Å². The second kappa shape index (κ2) is 4.19. The van der Waals surface area contributed by atoms with E-state index in [1.54, 1.807) is 7.11 Å². The average molecular weight is 219 g/mol. The fourth-order valence-electron chi connectivity index (χ4n) is 2.38. The van der Waals surface area contributed by atoms with Crippen LogP contribution in [-0.4, -0.2) is 13.2 Å². The first-order valence-electron chi connectivity index (χ1n) is 5.99. The highest BCUT2D eigenvalue weighted by Crippen LogP contribution is 2.50. The van der Waals surface area contributed by atoms with Gasteiger partial charge in [0, 0.05) is 18.6 Å². The van der Waals surface area contributed by atoms with Crippen LogP contribution in [0.25, 0.3) is 0 Å². The predicted molar refractivity (Wildman–Crippen MR) is 66.4 cm³/mol. The summed E-state index contributed by atoms with van der Waals surface area (Å²) in [6, 6.07) is 8.92. The van der Waals surface area contributed by atoms with E-state index in [2.05, 4.69) is 38.1 Å².